The molecule has 70 heavy (non-hydrogen) atoms. The fourth-order valence-electron chi connectivity index (χ4n) is 12.3. The molecule has 2 aromatic heterocycles. The minimum Gasteiger partial charge on any atom is -0.310 e. The summed E-state index contributed by atoms with van der Waals surface area (Å²) in [4.78, 5) is 2.47. The summed E-state index contributed by atoms with van der Waals surface area (Å²) in [6.45, 7) is 0. The number of fused-ring (bicyclic) bond motifs is 18. The second-order valence-electron chi connectivity index (χ2n) is 18.7. The van der Waals surface area contributed by atoms with E-state index in [2.05, 4.69) is 264 Å². The van der Waals surface area contributed by atoms with Gasteiger partial charge in [-0.2, -0.15) is 0 Å². The second kappa shape index (κ2) is 15.1. The van der Waals surface area contributed by atoms with Crippen LogP contribution >= 0.6 is 11.3 Å². The fourth-order valence-corrected chi connectivity index (χ4v) is 13.4. The number of anilines is 3. The Bertz CT molecular complexity index is 4240. The van der Waals surface area contributed by atoms with Gasteiger partial charge in [-0.1, -0.05) is 176 Å². The average molecular weight is 907 g/mol. The molecule has 1 unspecified atom stereocenters. The van der Waals surface area contributed by atoms with Crippen molar-refractivity contribution in [1.82, 2.24) is 4.57 Å². The summed E-state index contributed by atoms with van der Waals surface area (Å²) in [6.07, 6.45) is 0. The maximum Gasteiger partial charge on any atom is 0.0725 e. The number of hydrogen-bond acceptors (Lipinski definition) is 2. The zero-order valence-corrected chi connectivity index (χ0v) is 38.9. The maximum atomic E-state index is 2.55. The number of thiophene rings is 1. The van der Waals surface area contributed by atoms with Gasteiger partial charge in [-0.3, -0.25) is 0 Å². The lowest BCUT2D eigenvalue weighted by Crippen LogP contribution is -2.29. The Morgan fingerprint density at radius 2 is 0.829 bits per heavy atom. The highest BCUT2D eigenvalue weighted by atomic mass is 32.1. The van der Waals surface area contributed by atoms with Crippen LogP contribution in [0.25, 0.3) is 92.2 Å². The molecule has 0 aliphatic heterocycles. The van der Waals surface area contributed by atoms with Gasteiger partial charge in [0.25, 0.3) is 0 Å². The number of benzene rings is 11. The van der Waals surface area contributed by atoms with Crippen LogP contribution < -0.4 is 4.90 Å². The molecule has 0 amide bonds. The van der Waals surface area contributed by atoms with Crippen molar-refractivity contribution in [1.29, 1.82) is 0 Å². The van der Waals surface area contributed by atoms with E-state index in [0.717, 1.165) is 22.7 Å². The van der Waals surface area contributed by atoms with Crippen molar-refractivity contribution < 1.29 is 0 Å². The van der Waals surface area contributed by atoms with E-state index in [4.69, 9.17) is 0 Å². The number of para-hydroxylation sites is 2. The van der Waals surface area contributed by atoms with Gasteiger partial charge < -0.3 is 9.47 Å². The van der Waals surface area contributed by atoms with E-state index in [1.165, 1.54) is 109 Å². The van der Waals surface area contributed by atoms with Crippen LogP contribution in [0.3, 0.4) is 0 Å². The highest BCUT2D eigenvalue weighted by Crippen LogP contribution is 2.63. The van der Waals surface area contributed by atoms with Crippen molar-refractivity contribution in [3.05, 3.63) is 277 Å². The quantitative estimate of drug-likeness (QED) is 0.167. The summed E-state index contributed by atoms with van der Waals surface area (Å²) in [7, 11) is 0. The van der Waals surface area contributed by atoms with Crippen LogP contribution in [0.2, 0.25) is 0 Å². The fraction of sp³-hybridized carbons (Fsp3) is 0.0149. The van der Waals surface area contributed by atoms with Gasteiger partial charge in [-0.15, -0.1) is 11.3 Å². The molecule has 2 nitrogen and oxygen atoms in total. The molecule has 0 radical (unpaired) electrons. The van der Waals surface area contributed by atoms with Crippen LogP contribution in [0, 0.1) is 0 Å². The molecule has 3 heteroatoms. The van der Waals surface area contributed by atoms with Gasteiger partial charge in [0.05, 0.1) is 16.4 Å². The molecule has 1 atom stereocenters. The largest absolute Gasteiger partial charge is 0.310 e. The number of aromatic nitrogens is 1. The minimum atomic E-state index is -0.604. The highest BCUT2D eigenvalue weighted by Gasteiger charge is 2.50. The molecule has 0 saturated heterocycles. The third-order valence-corrected chi connectivity index (χ3v) is 16.3. The maximum absolute atomic E-state index is 2.55. The van der Waals surface area contributed by atoms with Gasteiger partial charge in [0.1, 0.15) is 0 Å². The third-order valence-electron chi connectivity index (χ3n) is 15.2. The van der Waals surface area contributed by atoms with Crippen molar-refractivity contribution in [2.45, 2.75) is 5.41 Å². The summed E-state index contributed by atoms with van der Waals surface area (Å²) in [5.41, 5.74) is 21.5. The lowest BCUT2D eigenvalue weighted by molar-refractivity contribution is 0.776. The van der Waals surface area contributed by atoms with Gasteiger partial charge in [-0.05, 0) is 146 Å². The normalized spacial score (nSPS) is 14.3. The highest BCUT2D eigenvalue weighted by molar-refractivity contribution is 7.25. The molecule has 11 aromatic carbocycles. The molecular weight excluding hydrogens is 865 g/mol. The van der Waals surface area contributed by atoms with Crippen LogP contribution in [0.1, 0.15) is 22.3 Å². The minimum absolute atomic E-state index is 0.604. The van der Waals surface area contributed by atoms with Gasteiger partial charge >= 0.3 is 0 Å². The molecule has 15 rings (SSSR count). The standard InChI is InChI=1S/C67H42N2S/c1-3-17-43(18-4-1)44-31-33-46(34-32-44)68(48-36-38-64-57(40-48)53-25-11-15-29-63(53)69(64)45-19-5-2-6-20-45)47-35-37-61-55(39-47)50-22-8-7-21-49(50)51-23-9-13-27-59(51)67(61)60-28-14-10-24-52(60)56-42-66-58(41-62(56)67)54-26-12-16-30-65(54)70-66/h1-42H. The summed E-state index contributed by atoms with van der Waals surface area (Å²) < 4.78 is 5.04. The summed E-state index contributed by atoms with van der Waals surface area (Å²) >= 11 is 1.90. The van der Waals surface area contributed by atoms with Crippen LogP contribution in [0.5, 0.6) is 0 Å². The van der Waals surface area contributed by atoms with Gasteiger partial charge in [0.2, 0.25) is 0 Å². The smallest absolute Gasteiger partial charge is 0.0725 e. The molecule has 2 aliphatic rings. The third kappa shape index (κ3) is 5.55. The van der Waals surface area contributed by atoms with E-state index < -0.39 is 5.41 Å². The van der Waals surface area contributed by atoms with E-state index in [-0.39, 0.29) is 0 Å². The van der Waals surface area contributed by atoms with E-state index in [0.29, 0.717) is 0 Å². The summed E-state index contributed by atoms with van der Waals surface area (Å²) in [6, 6.07) is 95.2. The molecular formula is C67H42N2S. The first-order valence-electron chi connectivity index (χ1n) is 24.2. The van der Waals surface area contributed by atoms with E-state index in [1.54, 1.807) is 0 Å². The topological polar surface area (TPSA) is 8.17 Å². The zero-order chi connectivity index (χ0) is 45.9. The van der Waals surface area contributed by atoms with Crippen LogP contribution in [-0.2, 0) is 5.41 Å². The van der Waals surface area contributed by atoms with Gasteiger partial charge in [0, 0.05) is 53.7 Å². The zero-order valence-electron chi connectivity index (χ0n) is 38.1. The van der Waals surface area contributed by atoms with E-state index in [1.807, 2.05) is 11.3 Å². The van der Waals surface area contributed by atoms with Crippen molar-refractivity contribution in [2.24, 2.45) is 0 Å². The number of rotatable bonds is 5. The SMILES string of the molecule is c1ccc(-c2ccc(N(c3ccc4c(c3)-c3ccccc3-c3ccccc3C43c4ccccc4-c4cc5sc6ccccc6c5cc43)c3ccc4c(c3)c3ccccc3n4-c3ccccc3)cc2)cc1. The van der Waals surface area contributed by atoms with E-state index >= 15 is 0 Å². The molecule has 1 spiro atoms. The Balaban J connectivity index is 1.02. The lowest BCUT2D eigenvalue weighted by atomic mass is 9.65. The monoisotopic (exact) mass is 906 g/mol. The summed E-state index contributed by atoms with van der Waals surface area (Å²) in [5, 5.41) is 5.07. The predicted molar refractivity (Wildman–Crippen MR) is 296 cm³/mol. The summed E-state index contributed by atoms with van der Waals surface area (Å²) in [5.74, 6) is 0. The molecule has 0 bridgehead atoms. The van der Waals surface area contributed by atoms with Gasteiger partial charge in [-0.25, -0.2) is 0 Å². The average Bonchev–Trinajstić information content (AvgIpc) is 4.04. The van der Waals surface area contributed by atoms with Crippen LogP contribution in [0.4, 0.5) is 17.1 Å². The second-order valence-corrected chi connectivity index (χ2v) is 19.8. The first-order chi connectivity index (χ1) is 34.7. The molecule has 2 heterocycles. The number of hydrogen-bond donors (Lipinski definition) is 0. The Labute approximate surface area is 410 Å². The molecule has 0 saturated carbocycles. The van der Waals surface area contributed by atoms with E-state index in [9.17, 15) is 0 Å². The molecule has 2 aliphatic carbocycles. The predicted octanol–water partition coefficient (Wildman–Crippen LogP) is 18.3. The Morgan fingerprint density at radius 3 is 1.60 bits per heavy atom. The number of nitrogens with zero attached hydrogens (tertiary/aromatic N) is 2. The first kappa shape index (κ1) is 39.3. The van der Waals surface area contributed by atoms with Crippen LogP contribution in [0.15, 0.2) is 255 Å². The van der Waals surface area contributed by atoms with Crippen molar-refractivity contribution in [2.75, 3.05) is 4.90 Å². The molecule has 0 fully saturated rings. The van der Waals surface area contributed by atoms with Gasteiger partial charge in [0.15, 0.2) is 0 Å². The first-order valence-corrected chi connectivity index (χ1v) is 25.0. The molecule has 13 aromatic rings. The Morgan fingerprint density at radius 1 is 0.300 bits per heavy atom. The van der Waals surface area contributed by atoms with Crippen LogP contribution in [-0.4, -0.2) is 4.57 Å². The lowest BCUT2D eigenvalue weighted by Gasteiger charge is -2.36. The Kier molecular flexibility index (Phi) is 8.48. The Hall–Kier alpha value is -8.76. The van der Waals surface area contributed by atoms with Crippen molar-refractivity contribution in [3.8, 4) is 50.2 Å². The molecule has 0 N–H and O–H groups in total. The van der Waals surface area contributed by atoms with Crippen molar-refractivity contribution >= 4 is 70.4 Å². The molecule has 326 valence electrons. The van der Waals surface area contributed by atoms with Crippen molar-refractivity contribution in [3.63, 3.8) is 0 Å².